The highest BCUT2D eigenvalue weighted by Gasteiger charge is 2.34. The Labute approximate surface area is 105 Å². The summed E-state index contributed by atoms with van der Waals surface area (Å²) in [6.07, 6.45) is 4.37. The summed E-state index contributed by atoms with van der Waals surface area (Å²) < 4.78 is 23.1. The molecule has 5 heteroatoms. The molecule has 0 aromatic heterocycles. The van der Waals surface area contributed by atoms with Gasteiger partial charge in [-0.1, -0.05) is 20.3 Å². The monoisotopic (exact) mass is 263 g/mol. The first kappa shape index (κ1) is 14.9. The van der Waals surface area contributed by atoms with Gasteiger partial charge < -0.3 is 10.4 Å². The zero-order valence-corrected chi connectivity index (χ0v) is 11.8. The van der Waals surface area contributed by atoms with Crippen LogP contribution in [0.5, 0.6) is 0 Å². The first-order chi connectivity index (χ1) is 7.82. The SMILES string of the molecule is CC(C)[C@H](O)CCN[C@@H]1CCC[C@@H]1S(C)(=O)=O. The number of hydrogen-bond acceptors (Lipinski definition) is 4. The van der Waals surface area contributed by atoms with Crippen molar-refractivity contribution in [2.45, 2.75) is 56.9 Å². The normalized spacial score (nSPS) is 27.6. The summed E-state index contributed by atoms with van der Waals surface area (Å²) in [4.78, 5) is 0. The summed E-state index contributed by atoms with van der Waals surface area (Å²) in [6.45, 7) is 4.66. The lowest BCUT2D eigenvalue weighted by Crippen LogP contribution is -2.41. The minimum absolute atomic E-state index is 0.0735. The summed E-state index contributed by atoms with van der Waals surface area (Å²) in [5.74, 6) is 0.256. The summed E-state index contributed by atoms with van der Waals surface area (Å²) in [6, 6.07) is 0.0735. The van der Waals surface area contributed by atoms with E-state index in [-0.39, 0.29) is 23.3 Å². The molecule has 1 aliphatic rings. The van der Waals surface area contributed by atoms with Gasteiger partial charge in [0.2, 0.25) is 0 Å². The third-order valence-electron chi connectivity index (χ3n) is 3.62. The largest absolute Gasteiger partial charge is 0.393 e. The van der Waals surface area contributed by atoms with Crippen molar-refractivity contribution in [3.8, 4) is 0 Å². The molecule has 1 aliphatic carbocycles. The molecule has 1 rings (SSSR count). The second-order valence-corrected chi connectivity index (χ2v) is 7.72. The van der Waals surface area contributed by atoms with E-state index in [2.05, 4.69) is 5.32 Å². The lowest BCUT2D eigenvalue weighted by atomic mass is 10.0. The maximum Gasteiger partial charge on any atom is 0.151 e. The van der Waals surface area contributed by atoms with E-state index < -0.39 is 9.84 Å². The van der Waals surface area contributed by atoms with Crippen LogP contribution < -0.4 is 5.32 Å². The van der Waals surface area contributed by atoms with Crippen molar-refractivity contribution in [1.82, 2.24) is 5.32 Å². The van der Waals surface area contributed by atoms with Crippen LogP contribution in [0.2, 0.25) is 0 Å². The quantitative estimate of drug-likeness (QED) is 0.749. The molecule has 0 aromatic carbocycles. The fraction of sp³-hybridized carbons (Fsp3) is 1.00. The van der Waals surface area contributed by atoms with Crippen molar-refractivity contribution in [3.05, 3.63) is 0 Å². The molecule has 0 aromatic rings. The maximum atomic E-state index is 11.6. The molecule has 2 N–H and O–H groups in total. The highest BCUT2D eigenvalue weighted by molar-refractivity contribution is 7.91. The lowest BCUT2D eigenvalue weighted by Gasteiger charge is -2.21. The predicted molar refractivity (Wildman–Crippen MR) is 69.7 cm³/mol. The van der Waals surface area contributed by atoms with Crippen molar-refractivity contribution in [1.29, 1.82) is 0 Å². The van der Waals surface area contributed by atoms with Gasteiger partial charge in [0.05, 0.1) is 11.4 Å². The van der Waals surface area contributed by atoms with Gasteiger partial charge in [-0.05, 0) is 31.7 Å². The molecular weight excluding hydrogens is 238 g/mol. The van der Waals surface area contributed by atoms with Crippen LogP contribution in [0.4, 0.5) is 0 Å². The molecule has 0 unspecified atom stereocenters. The van der Waals surface area contributed by atoms with Gasteiger partial charge in [-0.25, -0.2) is 8.42 Å². The second kappa shape index (κ2) is 6.16. The number of sulfone groups is 1. The summed E-state index contributed by atoms with van der Waals surface area (Å²) >= 11 is 0. The first-order valence-electron chi connectivity index (χ1n) is 6.42. The highest BCUT2D eigenvalue weighted by atomic mass is 32.2. The molecule has 1 fully saturated rings. The van der Waals surface area contributed by atoms with Gasteiger partial charge in [0.1, 0.15) is 0 Å². The predicted octanol–water partition coefficient (Wildman–Crippen LogP) is 0.949. The smallest absolute Gasteiger partial charge is 0.151 e. The Morgan fingerprint density at radius 1 is 1.35 bits per heavy atom. The van der Waals surface area contributed by atoms with Crippen molar-refractivity contribution in [2.75, 3.05) is 12.8 Å². The van der Waals surface area contributed by atoms with Gasteiger partial charge in [-0.3, -0.25) is 0 Å². The van der Waals surface area contributed by atoms with Crippen LogP contribution in [-0.2, 0) is 9.84 Å². The van der Waals surface area contributed by atoms with Crippen LogP contribution in [0, 0.1) is 5.92 Å². The molecule has 0 amide bonds. The third-order valence-corrected chi connectivity index (χ3v) is 5.28. The summed E-state index contributed by atoms with van der Waals surface area (Å²) in [5, 5.41) is 12.7. The minimum atomic E-state index is -2.94. The molecular formula is C12H25NO3S. The summed E-state index contributed by atoms with van der Waals surface area (Å²) in [5.41, 5.74) is 0. The van der Waals surface area contributed by atoms with E-state index in [0.29, 0.717) is 13.0 Å². The van der Waals surface area contributed by atoms with Gasteiger partial charge in [-0.15, -0.1) is 0 Å². The van der Waals surface area contributed by atoms with E-state index in [4.69, 9.17) is 0 Å². The molecule has 0 saturated heterocycles. The number of rotatable bonds is 6. The molecule has 1 saturated carbocycles. The molecule has 17 heavy (non-hydrogen) atoms. The number of aliphatic hydroxyl groups excluding tert-OH is 1. The summed E-state index contributed by atoms with van der Waals surface area (Å²) in [7, 11) is -2.94. The van der Waals surface area contributed by atoms with E-state index in [0.717, 1.165) is 19.3 Å². The second-order valence-electron chi connectivity index (χ2n) is 5.46. The zero-order chi connectivity index (χ0) is 13.1. The van der Waals surface area contributed by atoms with Crippen molar-refractivity contribution in [2.24, 2.45) is 5.92 Å². The average Bonchev–Trinajstić information content (AvgIpc) is 2.65. The fourth-order valence-corrected chi connectivity index (χ4v) is 3.85. The number of nitrogens with one attached hydrogen (secondary N) is 1. The lowest BCUT2D eigenvalue weighted by molar-refractivity contribution is 0.115. The van der Waals surface area contributed by atoms with Gasteiger partial charge in [0.25, 0.3) is 0 Å². The maximum absolute atomic E-state index is 11.6. The van der Waals surface area contributed by atoms with Crippen LogP contribution >= 0.6 is 0 Å². The van der Waals surface area contributed by atoms with Crippen molar-refractivity contribution < 1.29 is 13.5 Å². The van der Waals surface area contributed by atoms with E-state index in [9.17, 15) is 13.5 Å². The van der Waals surface area contributed by atoms with Gasteiger partial charge in [0, 0.05) is 12.3 Å². The Morgan fingerprint density at radius 3 is 2.53 bits per heavy atom. The average molecular weight is 263 g/mol. The first-order valence-corrected chi connectivity index (χ1v) is 8.38. The minimum Gasteiger partial charge on any atom is -0.393 e. The fourth-order valence-electron chi connectivity index (χ4n) is 2.42. The van der Waals surface area contributed by atoms with Crippen LogP contribution in [0.1, 0.15) is 39.5 Å². The zero-order valence-electron chi connectivity index (χ0n) is 11.0. The molecule has 0 heterocycles. The van der Waals surface area contributed by atoms with Crippen LogP contribution in [-0.4, -0.2) is 43.7 Å². The Bertz CT molecular complexity index is 327. The molecule has 0 aliphatic heterocycles. The number of aliphatic hydroxyl groups is 1. The van der Waals surface area contributed by atoms with Crippen LogP contribution in [0.25, 0.3) is 0 Å². The van der Waals surface area contributed by atoms with E-state index in [1.807, 2.05) is 13.8 Å². The Hall–Kier alpha value is -0.130. The van der Waals surface area contributed by atoms with Crippen LogP contribution in [0.15, 0.2) is 0 Å². The molecule has 3 atom stereocenters. The molecule has 0 bridgehead atoms. The molecule has 4 nitrogen and oxygen atoms in total. The standard InChI is InChI=1S/C12H25NO3S/c1-9(2)11(14)7-8-13-10-5-4-6-12(10)17(3,15)16/h9-14H,4-8H2,1-3H3/t10-,11-,12+/m1/s1. The van der Waals surface area contributed by atoms with Gasteiger partial charge >= 0.3 is 0 Å². The number of hydrogen-bond donors (Lipinski definition) is 2. The van der Waals surface area contributed by atoms with Crippen molar-refractivity contribution >= 4 is 9.84 Å². The van der Waals surface area contributed by atoms with Crippen LogP contribution in [0.3, 0.4) is 0 Å². The third kappa shape index (κ3) is 4.56. The van der Waals surface area contributed by atoms with E-state index >= 15 is 0 Å². The molecule has 0 spiro atoms. The Balaban J connectivity index is 2.37. The van der Waals surface area contributed by atoms with E-state index in [1.165, 1.54) is 6.26 Å². The molecule has 0 radical (unpaired) electrons. The highest BCUT2D eigenvalue weighted by Crippen LogP contribution is 2.25. The Morgan fingerprint density at radius 2 is 2.00 bits per heavy atom. The Kier molecular flexibility index (Phi) is 5.41. The van der Waals surface area contributed by atoms with E-state index in [1.54, 1.807) is 0 Å². The van der Waals surface area contributed by atoms with Crippen molar-refractivity contribution in [3.63, 3.8) is 0 Å². The van der Waals surface area contributed by atoms with Gasteiger partial charge in [-0.2, -0.15) is 0 Å². The van der Waals surface area contributed by atoms with Gasteiger partial charge in [0.15, 0.2) is 9.84 Å². The topological polar surface area (TPSA) is 66.4 Å². The molecule has 102 valence electrons.